The largest absolute Gasteiger partial charge is 0.480 e. The highest BCUT2D eigenvalue weighted by molar-refractivity contribution is 5.74. The Bertz CT molecular complexity index is 260. The highest BCUT2D eigenvalue weighted by Crippen LogP contribution is 2.50. The van der Waals surface area contributed by atoms with Gasteiger partial charge in [-0.15, -0.1) is 0 Å². The molecule has 0 aromatic rings. The molecule has 3 rings (SSSR count). The van der Waals surface area contributed by atoms with Crippen LogP contribution in [0.3, 0.4) is 0 Å². The Morgan fingerprint density at radius 2 is 2.00 bits per heavy atom. The van der Waals surface area contributed by atoms with Crippen molar-refractivity contribution in [1.29, 1.82) is 0 Å². The van der Waals surface area contributed by atoms with E-state index in [-0.39, 0.29) is 6.04 Å². The topological polar surface area (TPSA) is 40.5 Å². The normalized spacial score (nSPS) is 32.0. The van der Waals surface area contributed by atoms with E-state index in [1.54, 1.807) is 0 Å². The van der Waals surface area contributed by atoms with Crippen LogP contribution in [0.2, 0.25) is 0 Å². The molecule has 1 heterocycles. The molecule has 3 nitrogen and oxygen atoms in total. The van der Waals surface area contributed by atoms with Gasteiger partial charge in [-0.3, -0.25) is 9.69 Å². The fourth-order valence-electron chi connectivity index (χ4n) is 3.07. The molecule has 1 atom stereocenters. The third-order valence-corrected chi connectivity index (χ3v) is 4.21. The molecule has 2 saturated carbocycles. The predicted molar refractivity (Wildman–Crippen MR) is 52.0 cm³/mol. The lowest BCUT2D eigenvalue weighted by Gasteiger charge is -2.57. The fraction of sp³-hybridized carbons (Fsp3) is 0.909. The number of carbonyl (C=O) groups is 1. The van der Waals surface area contributed by atoms with Crippen LogP contribution in [-0.2, 0) is 4.79 Å². The average Bonchev–Trinajstić information content (AvgIpc) is 2.72. The van der Waals surface area contributed by atoms with Gasteiger partial charge >= 0.3 is 5.97 Å². The van der Waals surface area contributed by atoms with E-state index in [1.165, 1.54) is 19.3 Å². The van der Waals surface area contributed by atoms with Gasteiger partial charge in [0.25, 0.3) is 0 Å². The summed E-state index contributed by atoms with van der Waals surface area (Å²) in [5.41, 5.74) is 0.558. The van der Waals surface area contributed by atoms with Gasteiger partial charge in [0, 0.05) is 13.1 Å². The van der Waals surface area contributed by atoms with E-state index in [9.17, 15) is 4.79 Å². The lowest BCUT2D eigenvalue weighted by Crippen LogP contribution is -2.64. The lowest BCUT2D eigenvalue weighted by atomic mass is 9.63. The molecule has 0 aromatic heterocycles. The number of nitrogens with zero attached hydrogens (tertiary/aromatic N) is 1. The van der Waals surface area contributed by atoms with Crippen molar-refractivity contribution < 1.29 is 9.90 Å². The number of hydrogen-bond acceptors (Lipinski definition) is 2. The number of hydrogen-bond donors (Lipinski definition) is 1. The monoisotopic (exact) mass is 195 g/mol. The van der Waals surface area contributed by atoms with Crippen LogP contribution in [0.15, 0.2) is 0 Å². The minimum atomic E-state index is -0.596. The summed E-state index contributed by atoms with van der Waals surface area (Å²) in [6.45, 7) is 2.11. The molecule has 0 radical (unpaired) electrons. The molecule has 3 heteroatoms. The third kappa shape index (κ3) is 1.18. The quantitative estimate of drug-likeness (QED) is 0.738. The van der Waals surface area contributed by atoms with Crippen molar-refractivity contribution in [2.75, 3.05) is 13.1 Å². The van der Waals surface area contributed by atoms with Gasteiger partial charge < -0.3 is 5.11 Å². The van der Waals surface area contributed by atoms with Crippen LogP contribution in [0.5, 0.6) is 0 Å². The van der Waals surface area contributed by atoms with Gasteiger partial charge in [0.15, 0.2) is 0 Å². The summed E-state index contributed by atoms with van der Waals surface area (Å²) in [5, 5.41) is 9.14. The molecule has 0 bridgehead atoms. The van der Waals surface area contributed by atoms with E-state index in [2.05, 4.69) is 4.90 Å². The van der Waals surface area contributed by atoms with Crippen LogP contribution in [0.1, 0.15) is 32.1 Å². The Kier molecular flexibility index (Phi) is 1.69. The highest BCUT2D eigenvalue weighted by Gasteiger charge is 2.53. The van der Waals surface area contributed by atoms with Gasteiger partial charge in [0.05, 0.1) is 0 Å². The maximum Gasteiger partial charge on any atom is 0.321 e. The molecular weight excluding hydrogens is 178 g/mol. The summed E-state index contributed by atoms with van der Waals surface area (Å²) in [6.07, 6.45) is 6.27. The van der Waals surface area contributed by atoms with Crippen molar-refractivity contribution in [1.82, 2.24) is 4.90 Å². The standard InChI is InChI=1S/C11H17NO2/c13-10(14)9(8-2-3-8)12-6-11(7-12)4-1-5-11/h8-9H,1-7H2,(H,13,14). The van der Waals surface area contributed by atoms with Crippen molar-refractivity contribution in [2.24, 2.45) is 11.3 Å². The number of likely N-dealkylation sites (tertiary alicyclic amines) is 1. The van der Waals surface area contributed by atoms with Crippen LogP contribution in [0.4, 0.5) is 0 Å². The smallest absolute Gasteiger partial charge is 0.321 e. The first kappa shape index (κ1) is 8.72. The molecule has 3 fully saturated rings. The van der Waals surface area contributed by atoms with Crippen molar-refractivity contribution >= 4 is 5.97 Å². The second kappa shape index (κ2) is 2.72. The van der Waals surface area contributed by atoms with Gasteiger partial charge in [-0.25, -0.2) is 0 Å². The SMILES string of the molecule is O=C(O)C(C1CC1)N1CC2(CCC2)C1. The third-order valence-electron chi connectivity index (χ3n) is 4.21. The minimum absolute atomic E-state index is 0.152. The van der Waals surface area contributed by atoms with Crippen LogP contribution in [0, 0.1) is 11.3 Å². The number of rotatable bonds is 3. The Labute approximate surface area is 84.1 Å². The number of carboxylic acid groups (broad SMARTS) is 1. The Balaban J connectivity index is 1.62. The maximum atomic E-state index is 11.1. The van der Waals surface area contributed by atoms with Crippen LogP contribution in [0.25, 0.3) is 0 Å². The summed E-state index contributed by atoms with van der Waals surface area (Å²) < 4.78 is 0. The lowest BCUT2D eigenvalue weighted by molar-refractivity contribution is -0.155. The molecular formula is C11H17NO2. The summed E-state index contributed by atoms with van der Waals surface area (Å²) in [7, 11) is 0. The molecule has 3 aliphatic rings. The van der Waals surface area contributed by atoms with Gasteiger partial charge in [-0.1, -0.05) is 6.42 Å². The number of aliphatic carboxylic acids is 1. The van der Waals surface area contributed by atoms with Gasteiger partial charge in [-0.2, -0.15) is 0 Å². The maximum absolute atomic E-state index is 11.1. The van der Waals surface area contributed by atoms with E-state index in [0.717, 1.165) is 25.9 Å². The van der Waals surface area contributed by atoms with Gasteiger partial charge in [-0.05, 0) is 37.0 Å². The molecule has 1 spiro atoms. The zero-order valence-electron chi connectivity index (χ0n) is 8.41. The van der Waals surface area contributed by atoms with Gasteiger partial charge in [0.2, 0.25) is 0 Å². The minimum Gasteiger partial charge on any atom is -0.480 e. The fourth-order valence-corrected chi connectivity index (χ4v) is 3.07. The van der Waals surface area contributed by atoms with Crippen LogP contribution >= 0.6 is 0 Å². The molecule has 14 heavy (non-hydrogen) atoms. The van der Waals surface area contributed by atoms with Gasteiger partial charge in [0.1, 0.15) is 6.04 Å². The highest BCUT2D eigenvalue weighted by atomic mass is 16.4. The van der Waals surface area contributed by atoms with E-state index >= 15 is 0 Å². The predicted octanol–water partition coefficient (Wildman–Crippen LogP) is 1.34. The van der Waals surface area contributed by atoms with Crippen molar-refractivity contribution in [2.45, 2.75) is 38.1 Å². The second-order valence-electron chi connectivity index (χ2n) is 5.38. The first-order valence-corrected chi connectivity index (χ1v) is 5.67. The molecule has 0 amide bonds. The zero-order valence-corrected chi connectivity index (χ0v) is 8.41. The number of carboxylic acids is 1. The van der Waals surface area contributed by atoms with Crippen LogP contribution < -0.4 is 0 Å². The van der Waals surface area contributed by atoms with Crippen molar-refractivity contribution in [3.05, 3.63) is 0 Å². The van der Waals surface area contributed by atoms with Crippen molar-refractivity contribution in [3.63, 3.8) is 0 Å². The molecule has 78 valence electrons. The Morgan fingerprint density at radius 1 is 1.36 bits per heavy atom. The van der Waals surface area contributed by atoms with E-state index < -0.39 is 5.97 Å². The summed E-state index contributed by atoms with van der Waals surface area (Å²) in [4.78, 5) is 13.3. The van der Waals surface area contributed by atoms with E-state index in [4.69, 9.17) is 5.11 Å². The summed E-state index contributed by atoms with van der Waals surface area (Å²) in [5.74, 6) is -0.133. The van der Waals surface area contributed by atoms with E-state index in [0.29, 0.717) is 11.3 Å². The molecule has 1 aliphatic heterocycles. The molecule has 1 saturated heterocycles. The first-order valence-electron chi connectivity index (χ1n) is 5.67. The van der Waals surface area contributed by atoms with Crippen LogP contribution in [-0.4, -0.2) is 35.1 Å². The molecule has 0 aromatic carbocycles. The second-order valence-corrected chi connectivity index (χ2v) is 5.38. The first-order chi connectivity index (χ1) is 6.70. The molecule has 1 unspecified atom stereocenters. The molecule has 2 aliphatic carbocycles. The molecule has 1 N–H and O–H groups in total. The Hall–Kier alpha value is -0.570. The van der Waals surface area contributed by atoms with Crippen molar-refractivity contribution in [3.8, 4) is 0 Å². The Morgan fingerprint density at radius 3 is 2.36 bits per heavy atom. The zero-order chi connectivity index (χ0) is 9.76. The van der Waals surface area contributed by atoms with E-state index in [1.807, 2.05) is 0 Å². The summed E-state index contributed by atoms with van der Waals surface area (Å²) in [6, 6.07) is -0.152. The summed E-state index contributed by atoms with van der Waals surface area (Å²) >= 11 is 0. The average molecular weight is 195 g/mol.